The fraction of sp³-hybridized carbons (Fsp3) is 0.115. The molecule has 0 saturated carbocycles. The van der Waals surface area contributed by atoms with E-state index < -0.39 is 0 Å². The van der Waals surface area contributed by atoms with E-state index in [0.29, 0.717) is 17.9 Å². The highest BCUT2D eigenvalue weighted by molar-refractivity contribution is 5.95. The van der Waals surface area contributed by atoms with Crippen LogP contribution < -0.4 is 10.6 Å². The number of carbonyl (C=O) groups is 2. The van der Waals surface area contributed by atoms with E-state index in [2.05, 4.69) is 15.7 Å². The van der Waals surface area contributed by atoms with Crippen molar-refractivity contribution in [3.63, 3.8) is 0 Å². The van der Waals surface area contributed by atoms with Crippen molar-refractivity contribution >= 4 is 17.6 Å². The van der Waals surface area contributed by atoms with Gasteiger partial charge < -0.3 is 10.6 Å². The van der Waals surface area contributed by atoms with Crippen LogP contribution in [0, 0.1) is 6.92 Å². The Hall–Kier alpha value is -4.19. The van der Waals surface area contributed by atoms with Gasteiger partial charge in [0.15, 0.2) is 0 Å². The van der Waals surface area contributed by atoms with Crippen molar-refractivity contribution in [2.75, 3.05) is 5.32 Å². The first kappa shape index (κ1) is 21.1. The van der Waals surface area contributed by atoms with E-state index in [1.807, 2.05) is 79.7 Å². The summed E-state index contributed by atoms with van der Waals surface area (Å²) in [6.07, 6.45) is 0. The number of amides is 2. The van der Waals surface area contributed by atoms with E-state index in [1.54, 1.807) is 16.8 Å². The average Bonchev–Trinajstić information content (AvgIpc) is 3.13. The van der Waals surface area contributed by atoms with Gasteiger partial charge in [0.05, 0.1) is 11.4 Å². The van der Waals surface area contributed by atoms with Gasteiger partial charge in [-0.05, 0) is 42.3 Å². The van der Waals surface area contributed by atoms with Crippen LogP contribution in [0.3, 0.4) is 0 Å². The molecule has 4 rings (SSSR count). The minimum atomic E-state index is -0.180. The second kappa shape index (κ2) is 9.31. The van der Waals surface area contributed by atoms with Gasteiger partial charge in [-0.2, -0.15) is 5.10 Å². The monoisotopic (exact) mass is 424 g/mol. The first-order valence-electron chi connectivity index (χ1n) is 10.4. The van der Waals surface area contributed by atoms with Gasteiger partial charge >= 0.3 is 0 Å². The highest BCUT2D eigenvalue weighted by Crippen LogP contribution is 2.33. The number of nitrogens with one attached hydrogen (secondary N) is 2. The summed E-state index contributed by atoms with van der Waals surface area (Å²) in [5.41, 5.74) is 4.97. The molecule has 2 amide bonds. The Balaban J connectivity index is 1.61. The maximum absolute atomic E-state index is 12.5. The lowest BCUT2D eigenvalue weighted by Crippen LogP contribution is -2.22. The molecule has 0 unspecified atom stereocenters. The first-order chi connectivity index (χ1) is 15.5. The molecule has 4 aromatic rings. The summed E-state index contributed by atoms with van der Waals surface area (Å²) in [5, 5.41) is 10.5. The summed E-state index contributed by atoms with van der Waals surface area (Å²) in [7, 11) is 0. The molecule has 0 fully saturated rings. The van der Waals surface area contributed by atoms with Crippen LogP contribution >= 0.6 is 0 Å². The Morgan fingerprint density at radius 3 is 2.12 bits per heavy atom. The molecule has 0 aliphatic rings. The van der Waals surface area contributed by atoms with Crippen LogP contribution in [0.15, 0.2) is 84.9 Å². The summed E-state index contributed by atoms with van der Waals surface area (Å²) in [4.78, 5) is 24.4. The van der Waals surface area contributed by atoms with Gasteiger partial charge in [0.2, 0.25) is 5.91 Å². The molecule has 2 N–H and O–H groups in total. The Bertz CT molecular complexity index is 1230. The minimum Gasteiger partial charge on any atom is -0.348 e. The molecule has 0 bridgehead atoms. The lowest BCUT2D eigenvalue weighted by atomic mass is 10.1. The lowest BCUT2D eigenvalue weighted by molar-refractivity contribution is -0.114. The lowest BCUT2D eigenvalue weighted by Gasteiger charge is -2.11. The van der Waals surface area contributed by atoms with E-state index in [4.69, 9.17) is 0 Å². The Kier molecular flexibility index (Phi) is 6.12. The van der Waals surface area contributed by atoms with Crippen LogP contribution in [0.2, 0.25) is 0 Å². The van der Waals surface area contributed by atoms with Crippen LogP contribution in [0.25, 0.3) is 16.8 Å². The number of carbonyl (C=O) groups excluding carboxylic acids is 2. The predicted molar refractivity (Wildman–Crippen MR) is 126 cm³/mol. The predicted octanol–water partition coefficient (Wildman–Crippen LogP) is 4.74. The van der Waals surface area contributed by atoms with Crippen molar-refractivity contribution < 1.29 is 9.59 Å². The molecule has 1 heterocycles. The summed E-state index contributed by atoms with van der Waals surface area (Å²) < 4.78 is 1.70. The van der Waals surface area contributed by atoms with Gasteiger partial charge in [-0.3, -0.25) is 9.59 Å². The molecule has 0 aliphatic carbocycles. The fourth-order valence-corrected chi connectivity index (χ4v) is 3.58. The number of aromatic nitrogens is 2. The molecule has 0 atom stereocenters. The normalized spacial score (nSPS) is 10.6. The van der Waals surface area contributed by atoms with Gasteiger partial charge in [0.25, 0.3) is 5.91 Å². The van der Waals surface area contributed by atoms with Crippen LogP contribution in [0.4, 0.5) is 5.82 Å². The molecule has 160 valence electrons. The zero-order valence-corrected chi connectivity index (χ0v) is 18.0. The van der Waals surface area contributed by atoms with Crippen LogP contribution in [-0.4, -0.2) is 21.6 Å². The summed E-state index contributed by atoms with van der Waals surface area (Å²) in [6, 6.07) is 26.7. The standard InChI is InChI=1S/C26H24N4O2/c1-18-24(21-11-7-4-8-12-21)25(28-19(2)31)30(29-18)23-15-13-22(14-16-23)26(32)27-17-20-9-5-3-6-10-20/h3-16H,17H2,1-2H3,(H,27,32)(H,28,31). The van der Waals surface area contributed by atoms with Crippen LogP contribution in [0.5, 0.6) is 0 Å². The second-order valence-electron chi connectivity index (χ2n) is 7.48. The third-order valence-electron chi connectivity index (χ3n) is 5.09. The number of aryl methyl sites for hydroxylation is 1. The molecule has 6 heteroatoms. The zero-order valence-electron chi connectivity index (χ0n) is 18.0. The van der Waals surface area contributed by atoms with Crippen molar-refractivity contribution in [2.24, 2.45) is 0 Å². The quantitative estimate of drug-likeness (QED) is 0.470. The molecule has 32 heavy (non-hydrogen) atoms. The van der Waals surface area contributed by atoms with Crippen molar-refractivity contribution in [3.05, 3.63) is 102 Å². The van der Waals surface area contributed by atoms with E-state index in [1.165, 1.54) is 6.92 Å². The van der Waals surface area contributed by atoms with Gasteiger partial charge in [0, 0.05) is 24.6 Å². The van der Waals surface area contributed by atoms with Gasteiger partial charge in [0.1, 0.15) is 5.82 Å². The highest BCUT2D eigenvalue weighted by atomic mass is 16.2. The first-order valence-corrected chi connectivity index (χ1v) is 10.4. The van der Waals surface area contributed by atoms with Crippen LogP contribution in [0.1, 0.15) is 28.5 Å². The number of hydrogen-bond acceptors (Lipinski definition) is 3. The Morgan fingerprint density at radius 2 is 1.50 bits per heavy atom. The van der Waals surface area contributed by atoms with E-state index in [0.717, 1.165) is 28.1 Å². The van der Waals surface area contributed by atoms with Crippen molar-refractivity contribution in [1.82, 2.24) is 15.1 Å². The molecule has 0 aliphatic heterocycles. The summed E-state index contributed by atoms with van der Waals surface area (Å²) in [5.74, 6) is 0.270. The summed E-state index contributed by atoms with van der Waals surface area (Å²) in [6.45, 7) is 3.85. The topological polar surface area (TPSA) is 76.0 Å². The number of benzene rings is 3. The average molecular weight is 425 g/mol. The number of hydrogen-bond donors (Lipinski definition) is 2. The Labute approximate surface area is 186 Å². The molecule has 0 spiro atoms. The molecule has 1 aromatic heterocycles. The SMILES string of the molecule is CC(=O)Nc1c(-c2ccccc2)c(C)nn1-c1ccc(C(=O)NCc2ccccc2)cc1. The van der Waals surface area contributed by atoms with E-state index in [-0.39, 0.29) is 11.8 Å². The maximum Gasteiger partial charge on any atom is 0.251 e. The number of nitrogens with zero attached hydrogens (tertiary/aromatic N) is 2. The fourth-order valence-electron chi connectivity index (χ4n) is 3.58. The summed E-state index contributed by atoms with van der Waals surface area (Å²) >= 11 is 0. The smallest absolute Gasteiger partial charge is 0.251 e. The largest absolute Gasteiger partial charge is 0.348 e. The van der Waals surface area contributed by atoms with Gasteiger partial charge in [-0.1, -0.05) is 60.7 Å². The third-order valence-corrected chi connectivity index (χ3v) is 5.09. The Morgan fingerprint density at radius 1 is 0.875 bits per heavy atom. The van der Waals surface area contributed by atoms with Gasteiger partial charge in [-0.25, -0.2) is 4.68 Å². The third kappa shape index (κ3) is 4.59. The molecular weight excluding hydrogens is 400 g/mol. The van der Waals surface area contributed by atoms with Crippen molar-refractivity contribution in [3.8, 4) is 16.8 Å². The van der Waals surface area contributed by atoms with Crippen LogP contribution in [-0.2, 0) is 11.3 Å². The minimum absolute atomic E-state index is 0.149. The second-order valence-corrected chi connectivity index (χ2v) is 7.48. The van der Waals surface area contributed by atoms with Crippen molar-refractivity contribution in [1.29, 1.82) is 0 Å². The molecule has 0 radical (unpaired) electrons. The highest BCUT2D eigenvalue weighted by Gasteiger charge is 2.19. The van der Waals surface area contributed by atoms with Gasteiger partial charge in [-0.15, -0.1) is 0 Å². The van der Waals surface area contributed by atoms with E-state index in [9.17, 15) is 9.59 Å². The number of anilines is 1. The molecule has 6 nitrogen and oxygen atoms in total. The molecular formula is C26H24N4O2. The molecule has 0 saturated heterocycles. The van der Waals surface area contributed by atoms with E-state index >= 15 is 0 Å². The molecule has 3 aromatic carbocycles. The van der Waals surface area contributed by atoms with Crippen molar-refractivity contribution in [2.45, 2.75) is 20.4 Å². The zero-order chi connectivity index (χ0) is 22.5. The number of rotatable bonds is 6. The maximum atomic E-state index is 12.5.